The topological polar surface area (TPSA) is 59.1 Å². The van der Waals surface area contributed by atoms with Gasteiger partial charge in [-0.3, -0.25) is 0 Å². The Morgan fingerprint density at radius 2 is 2.26 bits per heavy atom. The summed E-state index contributed by atoms with van der Waals surface area (Å²) >= 11 is 1.42. The van der Waals surface area contributed by atoms with E-state index in [1.807, 2.05) is 0 Å². The molecule has 0 radical (unpaired) electrons. The summed E-state index contributed by atoms with van der Waals surface area (Å²) in [7, 11) is -2.93. The molecule has 1 aromatic heterocycles. The number of rotatable bonds is 2. The van der Waals surface area contributed by atoms with Crippen LogP contribution >= 0.6 is 11.3 Å². The predicted molar refractivity (Wildman–Crippen MR) is 74.9 cm³/mol. The smallest absolute Gasteiger partial charge is 0.184 e. The van der Waals surface area contributed by atoms with Crippen LogP contribution in [0.4, 0.5) is 9.52 Å². The SMILES string of the molecule is O=S1(=O)CCCC(Nc2nc3cc(F)ccc3s2)C1. The average Bonchev–Trinajstić information content (AvgIpc) is 2.68. The lowest BCUT2D eigenvalue weighted by molar-refractivity contribution is 0.562. The molecule has 102 valence electrons. The molecular weight excluding hydrogens is 287 g/mol. The zero-order valence-corrected chi connectivity index (χ0v) is 11.7. The second-order valence-electron chi connectivity index (χ2n) is 4.73. The fourth-order valence-electron chi connectivity index (χ4n) is 2.27. The number of hydrogen-bond donors (Lipinski definition) is 1. The van der Waals surface area contributed by atoms with Gasteiger partial charge in [-0.05, 0) is 25.0 Å². The van der Waals surface area contributed by atoms with E-state index in [1.54, 1.807) is 6.07 Å². The Labute approximate surface area is 114 Å². The first-order valence-electron chi connectivity index (χ1n) is 6.05. The van der Waals surface area contributed by atoms with Crippen LogP contribution in [0, 0.1) is 5.82 Å². The number of anilines is 1. The van der Waals surface area contributed by atoms with Crippen LogP contribution in [0.2, 0.25) is 0 Å². The van der Waals surface area contributed by atoms with Crippen molar-refractivity contribution in [3.8, 4) is 0 Å². The Kier molecular flexibility index (Phi) is 3.18. The largest absolute Gasteiger partial charge is 0.358 e. The summed E-state index contributed by atoms with van der Waals surface area (Å²) in [5.74, 6) is 0.109. The zero-order valence-electron chi connectivity index (χ0n) is 10.1. The van der Waals surface area contributed by atoms with Gasteiger partial charge in [0.1, 0.15) is 5.82 Å². The van der Waals surface area contributed by atoms with E-state index in [-0.39, 0.29) is 23.4 Å². The highest BCUT2D eigenvalue weighted by atomic mass is 32.2. The number of benzene rings is 1. The van der Waals surface area contributed by atoms with Crippen LogP contribution < -0.4 is 5.32 Å². The Balaban J connectivity index is 1.81. The first-order valence-corrected chi connectivity index (χ1v) is 8.69. The summed E-state index contributed by atoms with van der Waals surface area (Å²) in [6.07, 6.45) is 1.50. The van der Waals surface area contributed by atoms with E-state index in [2.05, 4.69) is 10.3 Å². The van der Waals surface area contributed by atoms with Crippen LogP contribution in [0.3, 0.4) is 0 Å². The highest BCUT2D eigenvalue weighted by Crippen LogP contribution is 2.28. The molecule has 0 aliphatic carbocycles. The second kappa shape index (κ2) is 4.72. The third-order valence-corrected chi connectivity index (χ3v) is 5.93. The standard InChI is InChI=1S/C12H13FN2O2S2/c13-8-3-4-11-10(6-8)15-12(18-11)14-9-2-1-5-19(16,17)7-9/h3-4,6,9H,1-2,5,7H2,(H,14,15). The molecule has 1 fully saturated rings. The van der Waals surface area contributed by atoms with E-state index in [0.717, 1.165) is 11.1 Å². The lowest BCUT2D eigenvalue weighted by atomic mass is 10.2. The molecule has 0 bridgehead atoms. The van der Waals surface area contributed by atoms with Gasteiger partial charge in [-0.2, -0.15) is 0 Å². The zero-order chi connectivity index (χ0) is 13.5. The highest BCUT2D eigenvalue weighted by Gasteiger charge is 2.25. The van der Waals surface area contributed by atoms with Crippen LogP contribution in [0.5, 0.6) is 0 Å². The number of fused-ring (bicyclic) bond motifs is 1. The number of hydrogen-bond acceptors (Lipinski definition) is 5. The molecule has 1 saturated heterocycles. The minimum absolute atomic E-state index is 0.0934. The van der Waals surface area contributed by atoms with Gasteiger partial charge in [0.2, 0.25) is 0 Å². The number of halogens is 1. The number of aromatic nitrogens is 1. The van der Waals surface area contributed by atoms with Crippen molar-refractivity contribution in [1.29, 1.82) is 0 Å². The van der Waals surface area contributed by atoms with Crippen molar-refractivity contribution in [1.82, 2.24) is 4.98 Å². The summed E-state index contributed by atoms with van der Waals surface area (Å²) in [5.41, 5.74) is 0.603. The van der Waals surface area contributed by atoms with Crippen molar-refractivity contribution >= 4 is 36.5 Å². The first-order chi connectivity index (χ1) is 9.02. The molecule has 1 unspecified atom stereocenters. The van der Waals surface area contributed by atoms with Crippen molar-refractivity contribution in [3.05, 3.63) is 24.0 Å². The Morgan fingerprint density at radius 3 is 3.05 bits per heavy atom. The van der Waals surface area contributed by atoms with Gasteiger partial charge in [-0.25, -0.2) is 17.8 Å². The van der Waals surface area contributed by atoms with Gasteiger partial charge >= 0.3 is 0 Å². The number of nitrogens with zero attached hydrogens (tertiary/aromatic N) is 1. The first kappa shape index (κ1) is 12.8. The predicted octanol–water partition coefficient (Wildman–Crippen LogP) is 2.42. The molecule has 1 aromatic carbocycles. The monoisotopic (exact) mass is 300 g/mol. The number of thiazole rings is 1. The summed E-state index contributed by atoms with van der Waals surface area (Å²) in [5, 5.41) is 3.81. The summed E-state index contributed by atoms with van der Waals surface area (Å²) in [4.78, 5) is 4.29. The van der Waals surface area contributed by atoms with E-state index >= 15 is 0 Å². The third-order valence-electron chi connectivity index (χ3n) is 3.14. The van der Waals surface area contributed by atoms with Crippen LogP contribution in [0.25, 0.3) is 10.2 Å². The molecule has 4 nitrogen and oxygen atoms in total. The van der Waals surface area contributed by atoms with Crippen molar-refractivity contribution in [3.63, 3.8) is 0 Å². The summed E-state index contributed by atoms with van der Waals surface area (Å²) in [6, 6.07) is 4.37. The molecule has 7 heteroatoms. The molecule has 0 amide bonds. The van der Waals surface area contributed by atoms with Crippen LogP contribution in [0.15, 0.2) is 18.2 Å². The van der Waals surface area contributed by atoms with Crippen LogP contribution in [0.1, 0.15) is 12.8 Å². The van der Waals surface area contributed by atoms with Gasteiger partial charge in [-0.15, -0.1) is 0 Å². The van der Waals surface area contributed by atoms with E-state index in [9.17, 15) is 12.8 Å². The number of sulfone groups is 1. The molecular formula is C12H13FN2O2S2. The summed E-state index contributed by atoms with van der Waals surface area (Å²) in [6.45, 7) is 0. The Morgan fingerprint density at radius 1 is 1.42 bits per heavy atom. The fourth-order valence-corrected chi connectivity index (χ4v) is 4.83. The van der Waals surface area contributed by atoms with Crippen molar-refractivity contribution in [2.24, 2.45) is 0 Å². The molecule has 3 rings (SSSR count). The maximum absolute atomic E-state index is 13.1. The van der Waals surface area contributed by atoms with E-state index in [0.29, 0.717) is 17.1 Å². The highest BCUT2D eigenvalue weighted by molar-refractivity contribution is 7.91. The minimum Gasteiger partial charge on any atom is -0.358 e. The van der Waals surface area contributed by atoms with Gasteiger partial charge in [0.25, 0.3) is 0 Å². The minimum atomic E-state index is -2.93. The molecule has 0 spiro atoms. The molecule has 1 N–H and O–H groups in total. The van der Waals surface area contributed by atoms with E-state index in [1.165, 1.54) is 23.5 Å². The third kappa shape index (κ3) is 2.87. The fraction of sp³-hybridized carbons (Fsp3) is 0.417. The molecule has 1 atom stereocenters. The average molecular weight is 300 g/mol. The van der Waals surface area contributed by atoms with Crippen molar-refractivity contribution < 1.29 is 12.8 Å². The molecule has 2 heterocycles. The van der Waals surface area contributed by atoms with Gasteiger partial charge in [0, 0.05) is 12.1 Å². The maximum Gasteiger partial charge on any atom is 0.184 e. The van der Waals surface area contributed by atoms with Gasteiger partial charge in [0.15, 0.2) is 15.0 Å². The lowest BCUT2D eigenvalue weighted by Crippen LogP contribution is -2.34. The van der Waals surface area contributed by atoms with E-state index < -0.39 is 9.84 Å². The van der Waals surface area contributed by atoms with Gasteiger partial charge < -0.3 is 5.32 Å². The van der Waals surface area contributed by atoms with Crippen molar-refractivity contribution in [2.45, 2.75) is 18.9 Å². The molecule has 1 aliphatic heterocycles. The quantitative estimate of drug-likeness (QED) is 0.925. The maximum atomic E-state index is 13.1. The van der Waals surface area contributed by atoms with Gasteiger partial charge in [0.05, 0.1) is 21.7 Å². The molecule has 2 aromatic rings. The second-order valence-corrected chi connectivity index (χ2v) is 7.99. The Hall–Kier alpha value is -1.21. The van der Waals surface area contributed by atoms with Crippen molar-refractivity contribution in [2.75, 3.05) is 16.8 Å². The number of nitrogens with one attached hydrogen (secondary N) is 1. The summed E-state index contributed by atoms with van der Waals surface area (Å²) < 4.78 is 37.1. The molecule has 0 saturated carbocycles. The normalized spacial score (nSPS) is 22.5. The van der Waals surface area contributed by atoms with E-state index in [4.69, 9.17) is 0 Å². The Bertz CT molecular complexity index is 712. The molecule has 19 heavy (non-hydrogen) atoms. The molecule has 1 aliphatic rings. The van der Waals surface area contributed by atoms with Gasteiger partial charge in [-0.1, -0.05) is 11.3 Å². The van der Waals surface area contributed by atoms with Crippen LogP contribution in [-0.4, -0.2) is 30.9 Å². The lowest BCUT2D eigenvalue weighted by Gasteiger charge is -2.22. The van der Waals surface area contributed by atoms with Crippen LogP contribution in [-0.2, 0) is 9.84 Å².